The number of rotatable bonds is 1. The van der Waals surface area contributed by atoms with E-state index in [0.717, 1.165) is 16.1 Å². The van der Waals surface area contributed by atoms with Crippen LogP contribution in [0.25, 0.3) is 6.08 Å². The number of amides is 1. The summed E-state index contributed by atoms with van der Waals surface area (Å²) in [5, 5.41) is 2.90. The van der Waals surface area contributed by atoms with E-state index in [9.17, 15) is 9.18 Å². The topological polar surface area (TPSA) is 29.1 Å². The minimum atomic E-state index is -0.278. The molecule has 0 atom stereocenters. The van der Waals surface area contributed by atoms with E-state index >= 15 is 0 Å². The Balaban J connectivity index is 1.89. The van der Waals surface area contributed by atoms with Crippen LogP contribution < -0.4 is 5.32 Å². The van der Waals surface area contributed by atoms with Crippen LogP contribution in [-0.4, -0.2) is 11.7 Å². The largest absolute Gasteiger partial charge is 0.321 e. The summed E-state index contributed by atoms with van der Waals surface area (Å²) < 4.78 is 12.9. The summed E-state index contributed by atoms with van der Waals surface area (Å²) >= 11 is 1.62. The number of fused-ring (bicyclic) bond motifs is 1. The molecule has 1 amide bonds. The zero-order valence-electron chi connectivity index (χ0n) is 10.6. The lowest BCUT2D eigenvalue weighted by atomic mass is 10.1. The predicted octanol–water partition coefficient (Wildman–Crippen LogP) is 3.95. The summed E-state index contributed by atoms with van der Waals surface area (Å²) in [7, 11) is 0. The molecule has 0 spiro atoms. The molecule has 1 heterocycles. The number of halogens is 1. The Morgan fingerprint density at radius 3 is 2.65 bits per heavy atom. The summed E-state index contributed by atoms with van der Waals surface area (Å²) in [5.74, 6) is 0.214. The first-order chi connectivity index (χ1) is 9.72. The van der Waals surface area contributed by atoms with Crippen LogP contribution in [0.5, 0.6) is 0 Å². The number of carbonyl (C=O) groups is 1. The van der Waals surface area contributed by atoms with Crippen molar-refractivity contribution in [1.82, 2.24) is 0 Å². The van der Waals surface area contributed by atoms with Crippen molar-refractivity contribution >= 4 is 29.4 Å². The van der Waals surface area contributed by atoms with Crippen molar-refractivity contribution in [2.75, 3.05) is 11.1 Å². The van der Waals surface area contributed by atoms with Gasteiger partial charge in [0.2, 0.25) is 0 Å². The van der Waals surface area contributed by atoms with Crippen LogP contribution >= 0.6 is 11.8 Å². The molecule has 0 unspecified atom stereocenters. The van der Waals surface area contributed by atoms with E-state index in [0.29, 0.717) is 11.3 Å². The summed E-state index contributed by atoms with van der Waals surface area (Å²) in [4.78, 5) is 13.2. The molecule has 1 aliphatic heterocycles. The number of hydrogen-bond donors (Lipinski definition) is 1. The number of anilines is 1. The Morgan fingerprint density at radius 1 is 1.10 bits per heavy atom. The number of para-hydroxylation sites is 1. The average Bonchev–Trinajstić information content (AvgIpc) is 2.61. The highest BCUT2D eigenvalue weighted by molar-refractivity contribution is 7.99. The third kappa shape index (κ3) is 2.75. The maximum Gasteiger partial charge on any atom is 0.252 e. The number of thioether (sulfide) groups is 1. The summed E-state index contributed by atoms with van der Waals surface area (Å²) in [6, 6.07) is 13.8. The molecule has 0 aromatic heterocycles. The standard InChI is InChI=1S/C16H12FNOS/c17-13-7-5-11(6-8-13)9-12-10-20-15-4-2-1-3-14(15)18-16(12)19/h1-9H,10H2,(H,18,19)/b12-9+. The molecule has 1 aliphatic rings. The van der Waals surface area contributed by atoms with Crippen molar-refractivity contribution in [3.63, 3.8) is 0 Å². The molecule has 1 N–H and O–H groups in total. The van der Waals surface area contributed by atoms with Crippen LogP contribution in [0.15, 0.2) is 59.0 Å². The quantitative estimate of drug-likeness (QED) is 0.804. The SMILES string of the molecule is O=C1Nc2ccccc2SC/C1=C\c1ccc(F)cc1. The fraction of sp³-hybridized carbons (Fsp3) is 0.0625. The minimum absolute atomic E-state index is 0.105. The fourth-order valence-corrected chi connectivity index (χ4v) is 2.96. The summed E-state index contributed by atoms with van der Waals surface area (Å²) in [5.41, 5.74) is 2.34. The minimum Gasteiger partial charge on any atom is -0.321 e. The fourth-order valence-electron chi connectivity index (χ4n) is 1.99. The number of nitrogens with one attached hydrogen (secondary N) is 1. The number of hydrogen-bond acceptors (Lipinski definition) is 2. The van der Waals surface area contributed by atoms with E-state index in [4.69, 9.17) is 0 Å². The zero-order valence-corrected chi connectivity index (χ0v) is 11.4. The Hall–Kier alpha value is -2.07. The van der Waals surface area contributed by atoms with E-state index in [2.05, 4.69) is 5.32 Å². The number of benzene rings is 2. The smallest absolute Gasteiger partial charge is 0.252 e. The van der Waals surface area contributed by atoms with Crippen molar-refractivity contribution < 1.29 is 9.18 Å². The molecule has 2 aromatic carbocycles. The van der Waals surface area contributed by atoms with Gasteiger partial charge in [0.1, 0.15) is 5.82 Å². The van der Waals surface area contributed by atoms with Crippen molar-refractivity contribution in [3.8, 4) is 0 Å². The normalized spacial score (nSPS) is 16.4. The molecular weight excluding hydrogens is 273 g/mol. The molecule has 0 saturated heterocycles. The highest BCUT2D eigenvalue weighted by atomic mass is 32.2. The van der Waals surface area contributed by atoms with Crippen LogP contribution in [0.1, 0.15) is 5.56 Å². The van der Waals surface area contributed by atoms with E-state index in [1.54, 1.807) is 30.0 Å². The molecule has 20 heavy (non-hydrogen) atoms. The van der Waals surface area contributed by atoms with Gasteiger partial charge in [-0.2, -0.15) is 0 Å². The van der Waals surface area contributed by atoms with Gasteiger partial charge < -0.3 is 5.32 Å². The van der Waals surface area contributed by atoms with E-state index in [-0.39, 0.29) is 11.7 Å². The van der Waals surface area contributed by atoms with Crippen molar-refractivity contribution in [1.29, 1.82) is 0 Å². The Kier molecular flexibility index (Phi) is 3.56. The van der Waals surface area contributed by atoms with E-state index in [1.807, 2.05) is 24.3 Å². The van der Waals surface area contributed by atoms with Crippen molar-refractivity contribution in [2.45, 2.75) is 4.90 Å². The first kappa shape index (κ1) is 12.9. The van der Waals surface area contributed by atoms with Crippen LogP contribution in [-0.2, 0) is 4.79 Å². The lowest BCUT2D eigenvalue weighted by Gasteiger charge is -2.04. The van der Waals surface area contributed by atoms with Crippen molar-refractivity contribution in [3.05, 3.63) is 65.5 Å². The van der Waals surface area contributed by atoms with Crippen LogP contribution in [0.4, 0.5) is 10.1 Å². The molecule has 3 rings (SSSR count). The molecule has 100 valence electrons. The molecule has 4 heteroatoms. The van der Waals surface area contributed by atoms with Gasteiger partial charge in [-0.15, -0.1) is 11.8 Å². The van der Waals surface area contributed by atoms with Crippen LogP contribution in [0.2, 0.25) is 0 Å². The van der Waals surface area contributed by atoms with Gasteiger partial charge >= 0.3 is 0 Å². The molecule has 0 saturated carbocycles. The van der Waals surface area contributed by atoms with Gasteiger partial charge in [-0.05, 0) is 35.9 Å². The second kappa shape index (κ2) is 5.51. The average molecular weight is 285 g/mol. The maximum atomic E-state index is 12.9. The first-order valence-corrected chi connectivity index (χ1v) is 7.20. The van der Waals surface area contributed by atoms with E-state index in [1.165, 1.54) is 12.1 Å². The van der Waals surface area contributed by atoms with Gasteiger partial charge in [0.05, 0.1) is 5.69 Å². The second-order valence-electron chi connectivity index (χ2n) is 4.46. The highest BCUT2D eigenvalue weighted by Crippen LogP contribution is 2.32. The second-order valence-corrected chi connectivity index (χ2v) is 5.48. The first-order valence-electron chi connectivity index (χ1n) is 6.22. The van der Waals surface area contributed by atoms with Gasteiger partial charge in [-0.3, -0.25) is 4.79 Å². The molecule has 2 aromatic rings. The Labute approximate surface area is 120 Å². The lowest BCUT2D eigenvalue weighted by Crippen LogP contribution is -2.13. The molecule has 0 fully saturated rings. The summed E-state index contributed by atoms with van der Waals surface area (Å²) in [6.45, 7) is 0. The Morgan fingerprint density at radius 2 is 1.85 bits per heavy atom. The van der Waals surface area contributed by atoms with Crippen LogP contribution in [0, 0.1) is 5.82 Å². The van der Waals surface area contributed by atoms with Gasteiger partial charge in [0.15, 0.2) is 0 Å². The molecule has 0 radical (unpaired) electrons. The Bertz CT molecular complexity index is 679. The highest BCUT2D eigenvalue weighted by Gasteiger charge is 2.17. The van der Waals surface area contributed by atoms with Gasteiger partial charge in [0, 0.05) is 16.2 Å². The summed E-state index contributed by atoms with van der Waals surface area (Å²) in [6.07, 6.45) is 1.80. The molecule has 0 aliphatic carbocycles. The van der Waals surface area contributed by atoms with E-state index < -0.39 is 0 Å². The molecular formula is C16H12FNOS. The van der Waals surface area contributed by atoms with Gasteiger partial charge in [-0.1, -0.05) is 24.3 Å². The lowest BCUT2D eigenvalue weighted by molar-refractivity contribution is -0.112. The number of carbonyl (C=O) groups excluding carboxylic acids is 1. The zero-order chi connectivity index (χ0) is 13.9. The predicted molar refractivity (Wildman–Crippen MR) is 80.2 cm³/mol. The van der Waals surface area contributed by atoms with Crippen molar-refractivity contribution in [2.24, 2.45) is 0 Å². The third-order valence-corrected chi connectivity index (χ3v) is 4.14. The molecule has 2 nitrogen and oxygen atoms in total. The molecule has 0 bridgehead atoms. The maximum absolute atomic E-state index is 12.9. The van der Waals surface area contributed by atoms with Gasteiger partial charge in [0.25, 0.3) is 5.91 Å². The van der Waals surface area contributed by atoms with Gasteiger partial charge in [-0.25, -0.2) is 4.39 Å². The third-order valence-electron chi connectivity index (χ3n) is 3.02. The van der Waals surface area contributed by atoms with Crippen LogP contribution in [0.3, 0.4) is 0 Å². The monoisotopic (exact) mass is 285 g/mol.